The lowest BCUT2D eigenvalue weighted by Crippen LogP contribution is -2.23. The van der Waals surface area contributed by atoms with Gasteiger partial charge in [-0.25, -0.2) is 4.57 Å². The third kappa shape index (κ3) is 2.02. The van der Waals surface area contributed by atoms with Crippen LogP contribution < -0.4 is 4.57 Å². The van der Waals surface area contributed by atoms with Gasteiger partial charge in [0.2, 0.25) is 0 Å². The van der Waals surface area contributed by atoms with Gasteiger partial charge in [0.05, 0.1) is 12.2 Å². The third-order valence-corrected chi connectivity index (χ3v) is 3.61. The minimum absolute atomic E-state index is 0.893. The average molecular weight is 254 g/mol. The number of fused-ring (bicyclic) bond motifs is 1. The molecule has 3 rings (SSSR count). The van der Waals surface area contributed by atoms with E-state index in [2.05, 4.69) is 28.4 Å². The highest BCUT2D eigenvalue weighted by molar-refractivity contribution is 7.12. The van der Waals surface area contributed by atoms with Crippen LogP contribution in [0.25, 0.3) is 11.1 Å². The van der Waals surface area contributed by atoms with Gasteiger partial charge >= 0.3 is 5.13 Å². The standard InChI is InChI=1S/C14H12N3S/c1-17-9-10-18-14(17)16-15-13-8-7-11-5-3-2-4-6-12(11)13/h2-10H,1H3/q+1. The first-order valence-electron chi connectivity index (χ1n) is 5.67. The molecule has 0 aromatic carbocycles. The Labute approximate surface area is 109 Å². The number of azo groups is 1. The molecule has 0 spiro atoms. The molecule has 0 atom stereocenters. The Hall–Kier alpha value is -2.07. The fraction of sp³-hybridized carbons (Fsp3) is 0.0714. The number of rotatable bonds is 2. The lowest BCUT2D eigenvalue weighted by molar-refractivity contribution is -0.654. The fourth-order valence-electron chi connectivity index (χ4n) is 1.81. The van der Waals surface area contributed by atoms with Crippen LogP contribution in [0, 0.1) is 0 Å². The molecule has 0 saturated carbocycles. The number of thiazole rings is 1. The van der Waals surface area contributed by atoms with E-state index in [1.165, 1.54) is 5.56 Å². The van der Waals surface area contributed by atoms with Crippen LogP contribution in [0.15, 0.2) is 64.3 Å². The van der Waals surface area contributed by atoms with Gasteiger partial charge < -0.3 is 0 Å². The Bertz CT molecular complexity index is 672. The van der Waals surface area contributed by atoms with E-state index in [9.17, 15) is 0 Å². The summed E-state index contributed by atoms with van der Waals surface area (Å²) in [4.78, 5) is 0. The monoisotopic (exact) mass is 254 g/mol. The normalized spacial score (nSPS) is 11.4. The second-order valence-electron chi connectivity index (χ2n) is 3.99. The lowest BCUT2D eigenvalue weighted by Gasteiger charge is -1.90. The molecule has 0 bridgehead atoms. The number of hydrogen-bond acceptors (Lipinski definition) is 3. The van der Waals surface area contributed by atoms with Gasteiger partial charge in [-0.3, -0.25) is 0 Å². The van der Waals surface area contributed by atoms with Gasteiger partial charge in [-0.1, -0.05) is 36.4 Å². The van der Waals surface area contributed by atoms with E-state index in [1.54, 1.807) is 11.3 Å². The maximum Gasteiger partial charge on any atom is 0.408 e. The van der Waals surface area contributed by atoms with Crippen molar-refractivity contribution in [1.29, 1.82) is 0 Å². The van der Waals surface area contributed by atoms with Crippen molar-refractivity contribution < 1.29 is 4.57 Å². The van der Waals surface area contributed by atoms with Gasteiger partial charge in [0.25, 0.3) is 0 Å². The second-order valence-corrected chi connectivity index (χ2v) is 4.87. The van der Waals surface area contributed by atoms with Crippen LogP contribution >= 0.6 is 11.3 Å². The summed E-state index contributed by atoms with van der Waals surface area (Å²) in [6, 6.07) is 14.3. The van der Waals surface area contributed by atoms with Crippen molar-refractivity contribution in [2.24, 2.45) is 17.3 Å². The summed E-state index contributed by atoms with van der Waals surface area (Å²) in [6.07, 6.45) is 1.97. The zero-order chi connectivity index (χ0) is 12.4. The van der Waals surface area contributed by atoms with Crippen LogP contribution in [0.5, 0.6) is 0 Å². The average Bonchev–Trinajstić information content (AvgIpc) is 2.86. The van der Waals surface area contributed by atoms with Crippen molar-refractivity contribution in [3.05, 3.63) is 54.0 Å². The van der Waals surface area contributed by atoms with Crippen LogP contribution in [0.4, 0.5) is 10.8 Å². The van der Waals surface area contributed by atoms with E-state index < -0.39 is 0 Å². The first kappa shape index (κ1) is 11.0. The smallest absolute Gasteiger partial charge is 0.222 e. The summed E-state index contributed by atoms with van der Waals surface area (Å²) in [5.41, 5.74) is 3.22. The largest absolute Gasteiger partial charge is 0.408 e. The minimum atomic E-state index is 0.893. The molecule has 0 unspecified atom stereocenters. The predicted octanol–water partition coefficient (Wildman–Crippen LogP) is 4.09. The molecule has 1 aromatic rings. The van der Waals surface area contributed by atoms with Gasteiger partial charge in [0, 0.05) is 10.9 Å². The van der Waals surface area contributed by atoms with Gasteiger partial charge in [0.15, 0.2) is 0 Å². The van der Waals surface area contributed by atoms with E-state index in [-0.39, 0.29) is 0 Å². The molecule has 18 heavy (non-hydrogen) atoms. The van der Waals surface area contributed by atoms with E-state index in [0.717, 1.165) is 16.4 Å². The van der Waals surface area contributed by atoms with E-state index in [0.29, 0.717) is 0 Å². The molecule has 4 heteroatoms. The van der Waals surface area contributed by atoms with Crippen LogP contribution in [-0.4, -0.2) is 0 Å². The summed E-state index contributed by atoms with van der Waals surface area (Å²) in [5.74, 6) is 0. The number of nitrogens with zero attached hydrogens (tertiary/aromatic N) is 3. The minimum Gasteiger partial charge on any atom is -0.222 e. The maximum absolute atomic E-state index is 4.34. The first-order chi connectivity index (χ1) is 8.84. The molecule has 0 saturated heterocycles. The predicted molar refractivity (Wildman–Crippen MR) is 72.7 cm³/mol. The Kier molecular flexibility index (Phi) is 2.86. The molecule has 0 radical (unpaired) electrons. The Balaban J connectivity index is 1.98. The molecule has 2 aliphatic rings. The quantitative estimate of drug-likeness (QED) is 0.487. The molecule has 0 fully saturated rings. The third-order valence-electron chi connectivity index (χ3n) is 2.77. The van der Waals surface area contributed by atoms with Gasteiger partial charge in [-0.2, -0.15) is 0 Å². The fourth-order valence-corrected chi connectivity index (χ4v) is 2.49. The molecule has 0 N–H and O–H groups in total. The first-order valence-corrected chi connectivity index (χ1v) is 6.55. The topological polar surface area (TPSA) is 28.6 Å². The highest BCUT2D eigenvalue weighted by Crippen LogP contribution is 2.34. The van der Waals surface area contributed by atoms with Crippen LogP contribution in [-0.2, 0) is 7.05 Å². The van der Waals surface area contributed by atoms with Gasteiger partial charge in [-0.05, 0) is 28.1 Å². The summed E-state index contributed by atoms with van der Waals surface area (Å²) in [5, 5.41) is 11.5. The Morgan fingerprint density at radius 3 is 2.72 bits per heavy atom. The van der Waals surface area contributed by atoms with Crippen molar-refractivity contribution >= 4 is 22.2 Å². The van der Waals surface area contributed by atoms with Crippen molar-refractivity contribution in [1.82, 2.24) is 0 Å². The Morgan fingerprint density at radius 2 is 1.89 bits per heavy atom. The molecule has 1 aromatic heterocycles. The number of aryl methyl sites for hydroxylation is 1. The number of aromatic nitrogens is 1. The zero-order valence-electron chi connectivity index (χ0n) is 9.95. The molecule has 1 heterocycles. The SMILES string of the molecule is C[n+]1ccsc1N=Nc1ccc2cccccc1-2. The summed E-state index contributed by atoms with van der Waals surface area (Å²) < 4.78 is 1.96. The highest BCUT2D eigenvalue weighted by Gasteiger charge is 2.11. The molecule has 0 aliphatic heterocycles. The Morgan fingerprint density at radius 1 is 1.00 bits per heavy atom. The summed E-state index contributed by atoms with van der Waals surface area (Å²) >= 11 is 1.58. The molecular formula is C14H12N3S+. The zero-order valence-corrected chi connectivity index (χ0v) is 10.8. The van der Waals surface area contributed by atoms with Crippen LogP contribution in [0.2, 0.25) is 0 Å². The van der Waals surface area contributed by atoms with Crippen molar-refractivity contribution in [3.8, 4) is 11.1 Å². The van der Waals surface area contributed by atoms with E-state index >= 15 is 0 Å². The highest BCUT2D eigenvalue weighted by atomic mass is 32.1. The van der Waals surface area contributed by atoms with Crippen molar-refractivity contribution in [3.63, 3.8) is 0 Å². The van der Waals surface area contributed by atoms with Gasteiger partial charge in [0.1, 0.15) is 11.9 Å². The van der Waals surface area contributed by atoms with Crippen molar-refractivity contribution in [2.45, 2.75) is 0 Å². The van der Waals surface area contributed by atoms with E-state index in [4.69, 9.17) is 0 Å². The van der Waals surface area contributed by atoms with Crippen LogP contribution in [0.1, 0.15) is 0 Å². The molecule has 2 aliphatic carbocycles. The van der Waals surface area contributed by atoms with Gasteiger partial charge in [-0.15, -0.1) is 0 Å². The number of hydrogen-bond donors (Lipinski definition) is 0. The molecule has 3 nitrogen and oxygen atoms in total. The maximum atomic E-state index is 4.34. The summed E-state index contributed by atoms with van der Waals surface area (Å²) in [6.45, 7) is 0. The van der Waals surface area contributed by atoms with Crippen LogP contribution in [0.3, 0.4) is 0 Å². The molecule has 0 amide bonds. The lowest BCUT2D eigenvalue weighted by atomic mass is 10.2. The molecular weight excluding hydrogens is 242 g/mol. The molecule has 88 valence electrons. The van der Waals surface area contributed by atoms with Crippen molar-refractivity contribution in [2.75, 3.05) is 0 Å². The van der Waals surface area contributed by atoms with E-state index in [1.807, 2.05) is 47.5 Å². The summed E-state index contributed by atoms with van der Waals surface area (Å²) in [7, 11) is 1.97. The second kappa shape index (κ2) is 4.66.